The summed E-state index contributed by atoms with van der Waals surface area (Å²) in [5.74, 6) is 0. The van der Waals surface area contributed by atoms with Gasteiger partial charge in [-0.3, -0.25) is 0 Å². The molecule has 0 amide bonds. The van der Waals surface area contributed by atoms with Gasteiger partial charge < -0.3 is 0 Å². The van der Waals surface area contributed by atoms with Crippen LogP contribution in [-0.4, -0.2) is 0 Å². The number of hydrogen-bond donors (Lipinski definition) is 0. The zero-order valence-corrected chi connectivity index (χ0v) is 88.5. The van der Waals surface area contributed by atoms with Crippen LogP contribution in [0, 0.1) is 0 Å². The Morgan fingerprint density at radius 2 is 0.264 bits per heavy atom. The van der Waals surface area contributed by atoms with E-state index < -0.39 is 0 Å². The summed E-state index contributed by atoms with van der Waals surface area (Å²) in [6, 6.07) is 166. The van der Waals surface area contributed by atoms with E-state index in [-0.39, 0.29) is 21.7 Å². The minimum Gasteiger partial charge on any atom is -0.0905 e. The first-order chi connectivity index (χ1) is 72.8. The quantitative estimate of drug-likeness (QED) is 0.0936. The van der Waals surface area contributed by atoms with Crippen LogP contribution in [0.4, 0.5) is 0 Å². The predicted octanol–water partition coefficient (Wildman–Crippen LogP) is 42.9. The van der Waals surface area contributed by atoms with Gasteiger partial charge >= 0.3 is 0 Å². The minimum absolute atomic E-state index is 0.0297. The Balaban J connectivity index is 0.000000106. The van der Waals surface area contributed by atoms with Gasteiger partial charge in [0.05, 0.1) is 0 Å². The average molecular weight is 1910 g/mol. The van der Waals surface area contributed by atoms with E-state index >= 15 is 0 Å². The molecule has 0 nitrogen and oxygen atoms in total. The summed E-state index contributed by atoms with van der Waals surface area (Å²) in [4.78, 5) is 0. The second-order valence-electron chi connectivity index (χ2n) is 38.6. The molecule has 4 aliphatic rings. The summed E-state index contributed by atoms with van der Waals surface area (Å²) in [6.07, 6.45) is 17.8. The zero-order valence-electron chi connectivity index (χ0n) is 88.5. The largest absolute Gasteiger partial charge is 0.0905 e. The van der Waals surface area contributed by atoms with Gasteiger partial charge in [-0.15, -0.1) is 0 Å². The topological polar surface area (TPSA) is 0 Å². The van der Waals surface area contributed by atoms with Crippen molar-refractivity contribution in [1.82, 2.24) is 0 Å². The van der Waals surface area contributed by atoms with Gasteiger partial charge in [0, 0.05) is 21.7 Å². The fraction of sp³-hybridized carbons (Fsp3) is 0.135. The molecule has 26 aromatic rings. The van der Waals surface area contributed by atoms with Crippen molar-refractivity contribution in [2.75, 3.05) is 0 Å². The Morgan fingerprint density at radius 1 is 0.128 bits per heavy atom. The molecule has 0 saturated carbocycles. The molecule has 0 heterocycles. The molecule has 724 valence electrons. The lowest BCUT2D eigenvalue weighted by Gasteiger charge is -2.23. The van der Waals surface area contributed by atoms with Crippen molar-refractivity contribution in [3.8, 4) is 44.5 Å². The molecule has 0 spiro atoms. The fourth-order valence-electron chi connectivity index (χ4n) is 24.3. The lowest BCUT2D eigenvalue weighted by molar-refractivity contribution is 0.746. The van der Waals surface area contributed by atoms with Gasteiger partial charge in [-0.05, 0) is 307 Å². The molecule has 0 N–H and O–H groups in total. The standard InChI is InChI=1S/C24H12.C20H12.4C17H16.2C14H10.4C2H6/c1-2-14-5-6-16-9-11-18-12-10-17-8-7-15-4-3-13(1)19-20(14)22(16)24(18)23(17)21(15)19;1-5-13-6-2-11-17-18-12-4-8-14-7-3-10-16(20(14)18)15(9-1)19(13)17;4*1-3-12-17(2)15-10-6-4-8-13(15)14-9-5-7-11-16(14)17;1-3-7-13-11(5-1)9-10-12-6-2-4-8-14(12)13;1-2-6-12-10-14-8-4-3-7-13(14)9-11(12)5-1;4*1-2/h1-12H;1-12H;4*3-12H,1-2H3;2*1-10H;4*1-2H3/b;;4*12-3+;;;;;;. The molecule has 30 rings (SSSR count). The van der Waals surface area contributed by atoms with E-state index in [9.17, 15) is 0 Å². The Kier molecular flexibility index (Phi) is 29.6. The van der Waals surface area contributed by atoms with E-state index in [1.165, 1.54) is 240 Å². The van der Waals surface area contributed by atoms with Crippen LogP contribution in [-0.2, 0) is 21.7 Å². The van der Waals surface area contributed by atoms with Gasteiger partial charge in [-0.2, -0.15) is 0 Å². The Hall–Kier alpha value is -16.6. The molecule has 0 aromatic heterocycles. The average Bonchev–Trinajstić information content (AvgIpc) is 1.27. The molecule has 0 fully saturated rings. The van der Waals surface area contributed by atoms with E-state index in [0.29, 0.717) is 0 Å². The van der Waals surface area contributed by atoms with Gasteiger partial charge in [0.15, 0.2) is 0 Å². The highest BCUT2D eigenvalue weighted by Gasteiger charge is 2.40. The second kappa shape index (κ2) is 43.7. The molecule has 26 aromatic carbocycles. The molecule has 0 radical (unpaired) electrons. The van der Waals surface area contributed by atoms with Gasteiger partial charge in [0.25, 0.3) is 0 Å². The number of rotatable bonds is 4. The van der Waals surface area contributed by atoms with Crippen LogP contribution < -0.4 is 0 Å². The molecule has 148 heavy (non-hydrogen) atoms. The van der Waals surface area contributed by atoms with Crippen LogP contribution in [0.1, 0.15) is 155 Å². The molecule has 0 unspecified atom stereocenters. The summed E-state index contributed by atoms with van der Waals surface area (Å²) in [6.45, 7) is 33.6. The van der Waals surface area contributed by atoms with Crippen LogP contribution in [0.25, 0.3) is 195 Å². The summed E-state index contributed by atoms with van der Waals surface area (Å²) in [7, 11) is 0. The lowest BCUT2D eigenvalue weighted by Crippen LogP contribution is -2.16. The van der Waals surface area contributed by atoms with Crippen molar-refractivity contribution in [2.45, 2.75) is 132 Å². The summed E-state index contributed by atoms with van der Waals surface area (Å²) in [5, 5.41) is 38.1. The summed E-state index contributed by atoms with van der Waals surface area (Å²) < 4.78 is 0. The Labute approximate surface area is 875 Å². The van der Waals surface area contributed by atoms with E-state index in [4.69, 9.17) is 0 Å². The summed E-state index contributed by atoms with van der Waals surface area (Å²) in [5.41, 5.74) is 22.5. The van der Waals surface area contributed by atoms with E-state index in [0.717, 1.165) is 0 Å². The molecule has 0 saturated heterocycles. The van der Waals surface area contributed by atoms with Crippen molar-refractivity contribution < 1.29 is 0 Å². The van der Waals surface area contributed by atoms with Crippen LogP contribution in [0.5, 0.6) is 0 Å². The fourth-order valence-corrected chi connectivity index (χ4v) is 24.3. The van der Waals surface area contributed by atoms with Gasteiger partial charge in [0.2, 0.25) is 0 Å². The van der Waals surface area contributed by atoms with Crippen LogP contribution in [0.3, 0.4) is 0 Å². The van der Waals surface area contributed by atoms with Crippen LogP contribution >= 0.6 is 0 Å². The van der Waals surface area contributed by atoms with E-state index in [2.05, 4.69) is 565 Å². The first-order valence-electron chi connectivity index (χ1n) is 53.5. The maximum Gasteiger partial charge on any atom is 0.0365 e. The first kappa shape index (κ1) is 100. The molecular formula is C148H132. The SMILES string of the molecule is C/C=C/C1(C)c2ccccc2-c2ccccc21.C/C=C/C1(C)c2ccccc2-c2ccccc21.C/C=C/C1(C)c2ccccc2-c2ccccc21.C/C=C/C1(C)c2ccccc2-c2ccccc21.CC.CC.CC.CC.c1cc2ccc3ccc4ccc5ccc6ccc1c1c2c3c4c5c61.c1cc2cccc3c4cccc5cccc(c(c1)c23)c54.c1ccc2c(c1)ccc1ccccc12.c1ccc2cc3ccccc3cc2c1. The third kappa shape index (κ3) is 17.8. The highest BCUT2D eigenvalue weighted by Crippen LogP contribution is 2.55. The first-order valence-corrected chi connectivity index (χ1v) is 53.5. The lowest BCUT2D eigenvalue weighted by atomic mass is 9.80. The second-order valence-corrected chi connectivity index (χ2v) is 38.6. The van der Waals surface area contributed by atoms with Crippen molar-refractivity contribution in [3.63, 3.8) is 0 Å². The van der Waals surface area contributed by atoms with Gasteiger partial charge in [-0.1, -0.05) is 553 Å². The molecule has 0 bridgehead atoms. The smallest absolute Gasteiger partial charge is 0.0365 e. The van der Waals surface area contributed by atoms with E-state index in [1.54, 1.807) is 0 Å². The monoisotopic (exact) mass is 1910 g/mol. The maximum atomic E-state index is 2.30. The maximum absolute atomic E-state index is 2.30. The molecule has 0 heteroatoms. The van der Waals surface area contributed by atoms with Crippen LogP contribution in [0.15, 0.2) is 510 Å². The minimum atomic E-state index is 0.0297. The molecular weight excluding hydrogens is 1780 g/mol. The number of benzene rings is 26. The van der Waals surface area contributed by atoms with Crippen molar-refractivity contribution in [3.05, 3.63) is 554 Å². The molecule has 4 aliphatic carbocycles. The third-order valence-corrected chi connectivity index (χ3v) is 30.6. The Bertz CT molecular complexity index is 7960. The number of fused-ring (bicyclic) bond motifs is 19. The summed E-state index contributed by atoms with van der Waals surface area (Å²) >= 11 is 0. The highest BCUT2D eigenvalue weighted by molar-refractivity contribution is 6.44. The number of allylic oxidation sites excluding steroid dienone is 8. The third-order valence-electron chi connectivity index (χ3n) is 30.6. The molecule has 0 aliphatic heterocycles. The zero-order chi connectivity index (χ0) is 103. The van der Waals surface area contributed by atoms with Crippen molar-refractivity contribution in [2.24, 2.45) is 0 Å². The van der Waals surface area contributed by atoms with Gasteiger partial charge in [-0.25, -0.2) is 0 Å². The normalized spacial score (nSPS) is 13.2. The highest BCUT2D eigenvalue weighted by atomic mass is 14.4. The Morgan fingerprint density at radius 3 is 0.446 bits per heavy atom. The molecule has 0 atom stereocenters. The predicted molar refractivity (Wildman–Crippen MR) is 654 cm³/mol. The van der Waals surface area contributed by atoms with Crippen molar-refractivity contribution in [1.29, 1.82) is 0 Å². The number of hydrogen-bond acceptors (Lipinski definition) is 0. The van der Waals surface area contributed by atoms with E-state index in [1.807, 2.05) is 55.4 Å². The van der Waals surface area contributed by atoms with Gasteiger partial charge in [0.1, 0.15) is 0 Å². The van der Waals surface area contributed by atoms with Crippen molar-refractivity contribution >= 4 is 151 Å². The van der Waals surface area contributed by atoms with Crippen LogP contribution in [0.2, 0.25) is 0 Å².